The number of fused-ring (bicyclic) bond motifs is 10. The zero-order valence-electron chi connectivity index (χ0n) is 47.2. The van der Waals surface area contributed by atoms with Gasteiger partial charge >= 0.3 is 7.12 Å². The second-order valence-corrected chi connectivity index (χ2v) is 15.1. The minimum absolute atomic E-state index is 0.0544. The first kappa shape index (κ1) is 23.1. The molecule has 0 aliphatic carbocycles. The predicted octanol–water partition coefficient (Wildman–Crippen LogP) is 14.4. The molecule has 0 aliphatic rings. The average molecular weight is 848 g/mol. The van der Waals surface area contributed by atoms with Gasteiger partial charge in [-0.25, -0.2) is 0 Å². The minimum atomic E-state index is -2.27. The maximum Gasteiger partial charge on any atom is 0.489 e. The summed E-state index contributed by atoms with van der Waals surface area (Å²) < 4.78 is 136. The summed E-state index contributed by atoms with van der Waals surface area (Å²) >= 11 is 3.45. The summed E-state index contributed by atoms with van der Waals surface area (Å²) in [5.41, 5.74) is 1.18. The van der Waals surface area contributed by atoms with Gasteiger partial charge in [-0.3, -0.25) is 0 Å². The van der Waals surface area contributed by atoms with E-state index in [-0.39, 0.29) is 77.3 Å². The molecule has 282 valence electrons. The van der Waals surface area contributed by atoms with E-state index in [2.05, 4.69) is 15.9 Å². The zero-order valence-corrected chi connectivity index (χ0v) is 32.8. The van der Waals surface area contributed by atoms with Gasteiger partial charge in [0.15, 0.2) is 0 Å². The molecule has 4 heteroatoms. The topological polar surface area (TPSA) is 40.5 Å². The van der Waals surface area contributed by atoms with Crippen molar-refractivity contribution >= 4 is 115 Å². The van der Waals surface area contributed by atoms with E-state index in [1.54, 1.807) is 6.07 Å². The Morgan fingerprint density at radius 2 is 0.667 bits per heavy atom. The highest BCUT2D eigenvalue weighted by molar-refractivity contribution is 9.10. The van der Waals surface area contributed by atoms with Crippen molar-refractivity contribution in [3.05, 3.63) is 210 Å². The fourth-order valence-corrected chi connectivity index (χ4v) is 8.98. The quantitative estimate of drug-likeness (QED) is 0.106. The predicted molar refractivity (Wildman–Crippen MR) is 261 cm³/mol. The van der Waals surface area contributed by atoms with Crippen molar-refractivity contribution in [3.8, 4) is 22.3 Å². The van der Waals surface area contributed by atoms with Crippen LogP contribution in [0.5, 0.6) is 0 Å². The van der Waals surface area contributed by atoms with Crippen molar-refractivity contribution in [2.24, 2.45) is 0 Å². The van der Waals surface area contributed by atoms with Crippen molar-refractivity contribution < 1.29 is 32.0 Å². The van der Waals surface area contributed by atoms with Crippen LogP contribution in [0.2, 0.25) is 0 Å². The smallest absolute Gasteiger partial charge is 0.423 e. The molecule has 0 unspecified atom stereocenters. The Bertz CT molecular complexity index is 4450. The van der Waals surface area contributed by atoms with Crippen LogP contribution in [0.3, 0.4) is 0 Å². The number of hydrogen-bond acceptors (Lipinski definition) is 2. The van der Waals surface area contributed by atoms with E-state index in [9.17, 15) is 10.0 Å². The lowest BCUT2D eigenvalue weighted by Crippen LogP contribution is -2.31. The summed E-state index contributed by atoms with van der Waals surface area (Å²) in [6, 6.07) is 27.9. The fourth-order valence-electron chi connectivity index (χ4n) is 8.38. The summed E-state index contributed by atoms with van der Waals surface area (Å²) in [5.74, 6) is 0. The molecule has 2 N–H and O–H groups in total. The minimum Gasteiger partial charge on any atom is -0.423 e. The molecule has 0 fully saturated rings. The van der Waals surface area contributed by atoms with Gasteiger partial charge in [0.2, 0.25) is 0 Å². The van der Waals surface area contributed by atoms with Crippen molar-refractivity contribution in [2.45, 2.75) is 0 Å². The summed E-state index contributed by atoms with van der Waals surface area (Å²) in [6.07, 6.45) is 0. The summed E-state index contributed by atoms with van der Waals surface area (Å²) in [7, 11) is -2.27. The van der Waals surface area contributed by atoms with Crippen LogP contribution >= 0.6 is 15.9 Å². The van der Waals surface area contributed by atoms with Crippen LogP contribution in [-0.2, 0) is 0 Å². The summed E-state index contributed by atoms with van der Waals surface area (Å²) in [6.45, 7) is 0. The molecule has 60 heavy (non-hydrogen) atoms. The molecule has 12 rings (SSSR count). The number of benzene rings is 12. The Balaban J connectivity index is 0.000000162. The molecule has 0 spiro atoms. The van der Waals surface area contributed by atoms with E-state index >= 15 is 0 Å². The van der Waals surface area contributed by atoms with Gasteiger partial charge in [0.1, 0.15) is 0 Å². The summed E-state index contributed by atoms with van der Waals surface area (Å²) in [5, 5.41) is 28.8. The average Bonchev–Trinajstić information content (AvgIpc) is 3.61. The van der Waals surface area contributed by atoms with Gasteiger partial charge in [-0.05, 0) is 142 Å². The fraction of sp³-hybridized carbons (Fsp3) is 0. The first-order chi connectivity index (χ1) is 36.2. The molecule has 2 nitrogen and oxygen atoms in total. The van der Waals surface area contributed by atoms with E-state index in [0.29, 0.717) is 16.7 Å². The van der Waals surface area contributed by atoms with Gasteiger partial charge in [-0.2, -0.15) is 0 Å². The molecule has 0 saturated heterocycles. The molecule has 12 aromatic carbocycles. The maximum atomic E-state index is 10.4. The lowest BCUT2D eigenvalue weighted by atomic mass is 9.72. The maximum absolute atomic E-state index is 10.4. The normalized spacial score (nSPS) is 15.3. The molecule has 0 atom stereocenters. The van der Waals surface area contributed by atoms with Gasteiger partial charge in [-0.15, -0.1) is 0 Å². The lowest BCUT2D eigenvalue weighted by Gasteiger charge is -2.17. The lowest BCUT2D eigenvalue weighted by molar-refractivity contribution is 0.426. The van der Waals surface area contributed by atoms with Crippen LogP contribution in [-0.4, -0.2) is 17.2 Å². The van der Waals surface area contributed by atoms with Gasteiger partial charge in [0.25, 0.3) is 0 Å². The highest BCUT2D eigenvalue weighted by Gasteiger charge is 2.22. The van der Waals surface area contributed by atoms with Crippen LogP contribution in [0.15, 0.2) is 210 Å². The Hall–Kier alpha value is -6.82. The van der Waals surface area contributed by atoms with Crippen molar-refractivity contribution in [3.63, 3.8) is 0 Å². The monoisotopic (exact) mass is 846 g/mol. The van der Waals surface area contributed by atoms with Crippen LogP contribution in [0, 0.1) is 0 Å². The van der Waals surface area contributed by atoms with Gasteiger partial charge < -0.3 is 10.0 Å². The largest absolute Gasteiger partial charge is 0.489 e. The molecule has 0 aromatic heterocycles. The first-order valence-corrected chi connectivity index (χ1v) is 19.7. The summed E-state index contributed by atoms with van der Waals surface area (Å²) in [4.78, 5) is 0. The number of hydrogen-bond donors (Lipinski definition) is 2. The molecular formula is C56H36BBrO2. The van der Waals surface area contributed by atoms with Crippen LogP contribution in [0.4, 0.5) is 0 Å². The first-order valence-electron chi connectivity index (χ1n) is 26.9. The Labute approximate surface area is 378 Å². The highest BCUT2D eigenvalue weighted by Crippen LogP contribution is 2.43. The Morgan fingerprint density at radius 1 is 0.350 bits per heavy atom. The molecular weight excluding hydrogens is 795 g/mol. The third kappa shape index (κ3) is 5.95. The van der Waals surface area contributed by atoms with Crippen LogP contribution in [0.25, 0.3) is 108 Å². The number of halogens is 1. The van der Waals surface area contributed by atoms with Gasteiger partial charge in [0, 0.05) is 4.47 Å². The SMILES string of the molecule is [2H]c1c([2H])c([2H])c2c(-c3ccc4ccc5ccccc5c4c3)c3c([2H])c([2H])c([2H])c([2H])c3c(B(O)O)c2c1[2H].[2H]c1c([2H])c([2H])c2c(-c3ccc4ccc5ccccc5c4c3)c3c([2H])c([2H])c([2H])c([2H])c3c(Br)c2c1[2H]. The van der Waals surface area contributed by atoms with Crippen molar-refractivity contribution in [1.82, 2.24) is 0 Å². The highest BCUT2D eigenvalue weighted by atomic mass is 79.9. The molecule has 0 bridgehead atoms. The van der Waals surface area contributed by atoms with Crippen molar-refractivity contribution in [1.29, 1.82) is 0 Å². The Kier molecular flexibility index (Phi) is 5.69. The molecule has 0 aliphatic heterocycles. The molecule has 0 radical (unpaired) electrons. The van der Waals surface area contributed by atoms with Crippen LogP contribution < -0.4 is 5.46 Å². The third-order valence-corrected chi connectivity index (χ3v) is 11.8. The van der Waals surface area contributed by atoms with Gasteiger partial charge in [0.05, 0.1) is 21.9 Å². The second-order valence-electron chi connectivity index (χ2n) is 14.3. The molecule has 12 aromatic rings. The third-order valence-electron chi connectivity index (χ3n) is 11.1. The molecule has 0 heterocycles. The Morgan fingerprint density at radius 3 is 1.07 bits per heavy atom. The standard InChI is InChI=1S/C28H19BO2.C28H17Br/c30-29(31)28-24-11-5-3-9-22(24)27(23-10-4-6-12-25(23)28)20-16-15-19-14-13-18-7-1-2-8-21(18)26(19)17-20;29-28-24-11-5-3-9-22(24)27(23-10-4-6-12-25(23)28)20-16-15-19-14-13-18-7-1-2-8-21(18)26(19)17-20/h1-17,30-31H;1-17H/i2*3D,4D,5D,6D,9D,10D,11D,12D. The second kappa shape index (κ2) is 14.8. The van der Waals surface area contributed by atoms with E-state index in [1.807, 2.05) is 103 Å². The van der Waals surface area contributed by atoms with E-state index in [4.69, 9.17) is 21.9 Å². The van der Waals surface area contributed by atoms with Crippen LogP contribution in [0.1, 0.15) is 21.9 Å². The van der Waals surface area contributed by atoms with Crippen molar-refractivity contribution in [2.75, 3.05) is 0 Å². The molecule has 0 saturated carbocycles. The molecule has 0 amide bonds. The van der Waals surface area contributed by atoms with E-state index in [0.717, 1.165) is 43.1 Å². The zero-order chi connectivity index (χ0) is 54.2. The van der Waals surface area contributed by atoms with E-state index in [1.165, 1.54) is 0 Å². The number of rotatable bonds is 3. The van der Waals surface area contributed by atoms with Gasteiger partial charge in [-0.1, -0.05) is 194 Å². The van der Waals surface area contributed by atoms with E-state index < -0.39 is 85.1 Å².